The van der Waals surface area contributed by atoms with Crippen molar-refractivity contribution in [3.63, 3.8) is 0 Å². The number of hydrogen-bond donors (Lipinski definition) is 3. The van der Waals surface area contributed by atoms with E-state index < -0.39 is 6.09 Å². The largest absolute Gasteiger partial charge is 0.489 e. The molecule has 0 unspecified atom stereocenters. The molecule has 1 heterocycles. The molecule has 0 saturated heterocycles. The molecule has 7 nitrogen and oxygen atoms in total. The predicted molar refractivity (Wildman–Crippen MR) is 110 cm³/mol. The number of nitrogens with two attached hydrogens (primary N) is 2. The van der Waals surface area contributed by atoms with E-state index in [4.69, 9.17) is 20.9 Å². The molecule has 1 aromatic heterocycles. The summed E-state index contributed by atoms with van der Waals surface area (Å²) >= 11 is 0. The van der Waals surface area contributed by atoms with Gasteiger partial charge in [0.05, 0.1) is 29.7 Å². The van der Waals surface area contributed by atoms with Gasteiger partial charge < -0.3 is 26.3 Å². The van der Waals surface area contributed by atoms with Crippen LogP contribution in [-0.2, 0) is 11.3 Å². The Morgan fingerprint density at radius 1 is 1.11 bits per heavy atom. The quantitative estimate of drug-likeness (QED) is 0.488. The summed E-state index contributed by atoms with van der Waals surface area (Å²) < 4.78 is 10.6. The highest BCUT2D eigenvalue weighted by Crippen LogP contribution is 2.30. The maximum Gasteiger partial charge on any atom is 0.404 e. The molecule has 0 bridgehead atoms. The molecule has 7 heteroatoms. The second-order valence-electron chi connectivity index (χ2n) is 6.34. The Bertz CT molecular complexity index is 932. The third kappa shape index (κ3) is 5.26. The van der Waals surface area contributed by atoms with Gasteiger partial charge in [0.25, 0.3) is 0 Å². The summed E-state index contributed by atoms with van der Waals surface area (Å²) in [4.78, 5) is 15.0. The van der Waals surface area contributed by atoms with Gasteiger partial charge in [-0.25, -0.2) is 4.79 Å². The van der Waals surface area contributed by atoms with E-state index in [0.29, 0.717) is 25.4 Å². The van der Waals surface area contributed by atoms with Crippen LogP contribution in [-0.4, -0.2) is 24.2 Å². The third-order valence-corrected chi connectivity index (χ3v) is 4.24. The second kappa shape index (κ2) is 9.45. The van der Waals surface area contributed by atoms with E-state index >= 15 is 0 Å². The number of amides is 1. The van der Waals surface area contributed by atoms with Crippen molar-refractivity contribution >= 4 is 28.4 Å². The van der Waals surface area contributed by atoms with Crippen LogP contribution in [0, 0.1) is 0 Å². The Kier molecular flexibility index (Phi) is 6.51. The maximum atomic E-state index is 10.5. The van der Waals surface area contributed by atoms with Gasteiger partial charge in [-0.05, 0) is 30.5 Å². The van der Waals surface area contributed by atoms with Crippen molar-refractivity contribution < 1.29 is 14.3 Å². The van der Waals surface area contributed by atoms with Gasteiger partial charge in [-0.15, -0.1) is 0 Å². The zero-order valence-electron chi connectivity index (χ0n) is 15.6. The van der Waals surface area contributed by atoms with Crippen LogP contribution >= 0.6 is 0 Å². The lowest BCUT2D eigenvalue weighted by Crippen LogP contribution is -2.14. The van der Waals surface area contributed by atoms with E-state index in [1.807, 2.05) is 48.5 Å². The fourth-order valence-electron chi connectivity index (χ4n) is 2.83. The topological polar surface area (TPSA) is 112 Å². The van der Waals surface area contributed by atoms with Crippen LogP contribution in [0.4, 0.5) is 16.2 Å². The predicted octanol–water partition coefficient (Wildman–Crippen LogP) is 3.68. The Hall–Kier alpha value is -3.48. The Morgan fingerprint density at radius 2 is 1.93 bits per heavy atom. The number of pyridine rings is 1. The van der Waals surface area contributed by atoms with Crippen molar-refractivity contribution in [1.29, 1.82) is 0 Å². The highest BCUT2D eigenvalue weighted by Gasteiger charge is 2.08. The minimum absolute atomic E-state index is 0.311. The number of carbonyl (C=O) groups excluding carboxylic acids is 1. The van der Waals surface area contributed by atoms with E-state index in [0.717, 1.165) is 40.7 Å². The van der Waals surface area contributed by atoms with Crippen LogP contribution in [0.2, 0.25) is 0 Å². The van der Waals surface area contributed by atoms with Gasteiger partial charge >= 0.3 is 6.09 Å². The average molecular weight is 380 g/mol. The van der Waals surface area contributed by atoms with Crippen LogP contribution in [0.25, 0.3) is 10.9 Å². The Morgan fingerprint density at radius 3 is 2.71 bits per heavy atom. The minimum atomic E-state index is -0.748. The summed E-state index contributed by atoms with van der Waals surface area (Å²) in [5, 5.41) is 4.27. The van der Waals surface area contributed by atoms with Crippen LogP contribution < -0.4 is 21.5 Å². The number of unbranched alkanes of at least 4 members (excludes halogenated alkanes) is 1. The fourth-order valence-corrected chi connectivity index (χ4v) is 2.83. The smallest absolute Gasteiger partial charge is 0.404 e. The minimum Gasteiger partial charge on any atom is -0.489 e. The first kappa shape index (κ1) is 19.3. The summed E-state index contributed by atoms with van der Waals surface area (Å²) in [7, 11) is 0. The highest BCUT2D eigenvalue weighted by atomic mass is 16.5. The molecule has 0 radical (unpaired) electrons. The number of primary amides is 1. The maximum absolute atomic E-state index is 10.5. The molecule has 0 fully saturated rings. The molecule has 1 amide bonds. The number of fused-ring (bicyclic) bond motifs is 1. The van der Waals surface area contributed by atoms with Gasteiger partial charge in [-0.2, -0.15) is 0 Å². The lowest BCUT2D eigenvalue weighted by molar-refractivity contribution is 0.155. The number of nitrogens with one attached hydrogen (secondary N) is 1. The monoisotopic (exact) mass is 380 g/mol. The van der Waals surface area contributed by atoms with Crippen LogP contribution in [0.1, 0.15) is 18.4 Å². The standard InChI is InChI=1S/C21H24N4O3/c22-18-13-25-19-12-16(28-14-15-6-2-1-3-7-15)8-9-17(19)20(18)24-10-4-5-11-27-21(23)26/h1-3,6-9,12-13H,4-5,10-11,14,22H2,(H2,23,26)(H,24,25). The first-order valence-electron chi connectivity index (χ1n) is 9.14. The average Bonchev–Trinajstić information content (AvgIpc) is 2.71. The van der Waals surface area contributed by atoms with Crippen molar-refractivity contribution in [3.05, 3.63) is 60.3 Å². The van der Waals surface area contributed by atoms with Crippen molar-refractivity contribution in [2.75, 3.05) is 24.2 Å². The van der Waals surface area contributed by atoms with E-state index in [9.17, 15) is 4.79 Å². The fraction of sp³-hybridized carbons (Fsp3) is 0.238. The number of nitrogen functional groups attached to an aromatic ring is 1. The molecule has 0 aliphatic rings. The summed E-state index contributed by atoms with van der Waals surface area (Å²) in [6.07, 6.45) is 2.43. The Labute approximate surface area is 163 Å². The van der Waals surface area contributed by atoms with Gasteiger partial charge in [0.1, 0.15) is 12.4 Å². The second-order valence-corrected chi connectivity index (χ2v) is 6.34. The Balaban J connectivity index is 1.63. The van der Waals surface area contributed by atoms with Gasteiger partial charge in [0.2, 0.25) is 0 Å². The van der Waals surface area contributed by atoms with Crippen molar-refractivity contribution in [1.82, 2.24) is 4.98 Å². The first-order valence-corrected chi connectivity index (χ1v) is 9.14. The summed E-state index contributed by atoms with van der Waals surface area (Å²) in [5.74, 6) is 0.753. The molecule has 2 aromatic carbocycles. The van der Waals surface area contributed by atoms with Crippen LogP contribution in [0.5, 0.6) is 5.75 Å². The van der Waals surface area contributed by atoms with E-state index in [2.05, 4.69) is 10.3 Å². The summed E-state index contributed by atoms with van der Waals surface area (Å²) in [5.41, 5.74) is 14.4. The SMILES string of the molecule is NC(=O)OCCCCNc1c(N)cnc2cc(OCc3ccccc3)ccc12. The van der Waals surface area contributed by atoms with Gasteiger partial charge in [-0.3, -0.25) is 4.98 Å². The van der Waals surface area contributed by atoms with Crippen LogP contribution in [0.15, 0.2) is 54.7 Å². The molecule has 28 heavy (non-hydrogen) atoms. The third-order valence-electron chi connectivity index (χ3n) is 4.24. The van der Waals surface area contributed by atoms with Gasteiger partial charge in [0, 0.05) is 18.0 Å². The number of anilines is 2. The molecule has 146 valence electrons. The molecule has 0 spiro atoms. The number of hydrogen-bond acceptors (Lipinski definition) is 6. The number of carbonyl (C=O) groups is 1. The summed E-state index contributed by atoms with van der Waals surface area (Å²) in [6.45, 7) is 1.50. The zero-order chi connectivity index (χ0) is 19.8. The normalized spacial score (nSPS) is 10.6. The van der Waals surface area contributed by atoms with Crippen molar-refractivity contribution in [2.45, 2.75) is 19.4 Å². The molecule has 0 aliphatic heterocycles. The van der Waals surface area contributed by atoms with Crippen molar-refractivity contribution in [3.8, 4) is 5.75 Å². The summed E-state index contributed by atoms with van der Waals surface area (Å²) in [6, 6.07) is 15.8. The number of nitrogens with zero attached hydrogens (tertiary/aromatic N) is 1. The lowest BCUT2D eigenvalue weighted by atomic mass is 10.1. The zero-order valence-corrected chi connectivity index (χ0v) is 15.6. The van der Waals surface area contributed by atoms with Gasteiger partial charge in [0.15, 0.2) is 0 Å². The molecule has 0 aliphatic carbocycles. The number of rotatable bonds is 9. The number of aromatic nitrogens is 1. The number of benzene rings is 2. The van der Waals surface area contributed by atoms with E-state index in [-0.39, 0.29) is 0 Å². The molecule has 3 aromatic rings. The molecule has 5 N–H and O–H groups in total. The first-order chi connectivity index (χ1) is 13.6. The number of ether oxygens (including phenoxy) is 2. The van der Waals surface area contributed by atoms with E-state index in [1.165, 1.54) is 0 Å². The van der Waals surface area contributed by atoms with E-state index in [1.54, 1.807) is 6.20 Å². The highest BCUT2D eigenvalue weighted by molar-refractivity contribution is 5.97. The van der Waals surface area contributed by atoms with Gasteiger partial charge in [-0.1, -0.05) is 30.3 Å². The molecule has 0 atom stereocenters. The lowest BCUT2D eigenvalue weighted by Gasteiger charge is -2.13. The molecule has 3 rings (SSSR count). The van der Waals surface area contributed by atoms with Crippen molar-refractivity contribution in [2.24, 2.45) is 5.73 Å². The van der Waals surface area contributed by atoms with Crippen LogP contribution in [0.3, 0.4) is 0 Å². The molecular formula is C21H24N4O3. The molecular weight excluding hydrogens is 356 g/mol. The molecule has 0 saturated carbocycles.